The molecule has 1 saturated heterocycles. The van der Waals surface area contributed by atoms with E-state index in [-0.39, 0.29) is 24.5 Å². The summed E-state index contributed by atoms with van der Waals surface area (Å²) in [6, 6.07) is 1.21. The number of carbonyl (C=O) groups is 3. The number of hydrogen-bond donors (Lipinski definition) is 2. The third-order valence-corrected chi connectivity index (χ3v) is 2.80. The van der Waals surface area contributed by atoms with Crippen molar-refractivity contribution in [3.8, 4) is 0 Å². The lowest BCUT2D eigenvalue weighted by atomic mass is 10.1. The molecule has 3 amide bonds. The highest BCUT2D eigenvalue weighted by Gasteiger charge is 2.31. The summed E-state index contributed by atoms with van der Waals surface area (Å²) in [7, 11) is 1.54. The first kappa shape index (κ1) is 14.4. The van der Waals surface area contributed by atoms with Crippen LogP contribution in [0.1, 0.15) is 10.4 Å². The molecule has 1 fully saturated rings. The van der Waals surface area contributed by atoms with E-state index in [1.807, 2.05) is 5.32 Å². The molecule has 0 aromatic carbocycles. The largest absolute Gasteiger partial charge is 0.373 e. The van der Waals surface area contributed by atoms with Gasteiger partial charge in [0, 0.05) is 13.1 Å². The van der Waals surface area contributed by atoms with Gasteiger partial charge in [-0.2, -0.15) is 0 Å². The van der Waals surface area contributed by atoms with Crippen LogP contribution in [0.15, 0.2) is 12.3 Å². The SMILES string of the molecule is CNc1cc(C(=O)N2CC(=O)NC(=O)C2)c([N+](=O)[O-])cn1. The van der Waals surface area contributed by atoms with Gasteiger partial charge in [0.05, 0.1) is 4.92 Å². The topological polar surface area (TPSA) is 135 Å². The predicted molar refractivity (Wildman–Crippen MR) is 69.5 cm³/mol. The van der Waals surface area contributed by atoms with Crippen LogP contribution < -0.4 is 10.6 Å². The third kappa shape index (κ3) is 2.94. The van der Waals surface area contributed by atoms with Crippen LogP contribution in [-0.2, 0) is 9.59 Å². The van der Waals surface area contributed by atoms with Crippen LogP contribution in [0.25, 0.3) is 0 Å². The highest BCUT2D eigenvalue weighted by atomic mass is 16.6. The number of hydrogen-bond acceptors (Lipinski definition) is 7. The third-order valence-electron chi connectivity index (χ3n) is 2.80. The fourth-order valence-electron chi connectivity index (χ4n) is 1.85. The van der Waals surface area contributed by atoms with E-state index in [0.29, 0.717) is 0 Å². The van der Waals surface area contributed by atoms with E-state index in [1.165, 1.54) is 6.07 Å². The van der Waals surface area contributed by atoms with Gasteiger partial charge < -0.3 is 10.2 Å². The second-order valence-corrected chi connectivity index (χ2v) is 4.23. The molecular formula is C11H11N5O5. The Labute approximate surface area is 118 Å². The second kappa shape index (κ2) is 5.53. The lowest BCUT2D eigenvalue weighted by Crippen LogP contribution is -2.53. The molecular weight excluding hydrogens is 282 g/mol. The molecule has 2 heterocycles. The molecule has 1 aromatic heterocycles. The molecule has 0 bridgehead atoms. The van der Waals surface area contributed by atoms with Crippen molar-refractivity contribution in [2.75, 3.05) is 25.5 Å². The molecule has 1 aromatic rings. The fourth-order valence-corrected chi connectivity index (χ4v) is 1.85. The van der Waals surface area contributed by atoms with E-state index in [4.69, 9.17) is 0 Å². The number of imide groups is 1. The van der Waals surface area contributed by atoms with Crippen molar-refractivity contribution >= 4 is 29.2 Å². The maximum Gasteiger partial charge on any atom is 0.300 e. The minimum atomic E-state index is -0.774. The molecule has 0 aliphatic carbocycles. The Morgan fingerprint density at radius 3 is 2.57 bits per heavy atom. The van der Waals surface area contributed by atoms with E-state index in [9.17, 15) is 24.5 Å². The van der Waals surface area contributed by atoms with Crippen molar-refractivity contribution < 1.29 is 19.3 Å². The number of nitrogens with zero attached hydrogens (tertiary/aromatic N) is 3. The number of rotatable bonds is 3. The predicted octanol–water partition coefficient (Wildman–Crippen LogP) is -0.870. The highest BCUT2D eigenvalue weighted by molar-refractivity contribution is 6.07. The van der Waals surface area contributed by atoms with Crippen LogP contribution in [0.2, 0.25) is 0 Å². The molecule has 10 nitrogen and oxygen atoms in total. The number of piperazine rings is 1. The second-order valence-electron chi connectivity index (χ2n) is 4.23. The number of carbonyl (C=O) groups excluding carboxylic acids is 3. The van der Waals surface area contributed by atoms with Crippen molar-refractivity contribution in [3.63, 3.8) is 0 Å². The number of aromatic nitrogens is 1. The Morgan fingerprint density at radius 2 is 2.05 bits per heavy atom. The van der Waals surface area contributed by atoms with Crippen molar-refractivity contribution in [1.29, 1.82) is 0 Å². The van der Waals surface area contributed by atoms with Crippen LogP contribution in [-0.4, -0.2) is 52.7 Å². The number of nitro groups is 1. The molecule has 0 spiro atoms. The highest BCUT2D eigenvalue weighted by Crippen LogP contribution is 2.22. The normalized spacial score (nSPS) is 14.6. The number of amides is 3. The monoisotopic (exact) mass is 293 g/mol. The van der Waals surface area contributed by atoms with Gasteiger partial charge in [0.25, 0.3) is 11.6 Å². The van der Waals surface area contributed by atoms with E-state index < -0.39 is 28.3 Å². The Morgan fingerprint density at radius 1 is 1.43 bits per heavy atom. The molecule has 0 radical (unpaired) electrons. The van der Waals surface area contributed by atoms with Gasteiger partial charge in [0.1, 0.15) is 30.7 Å². The van der Waals surface area contributed by atoms with Crippen molar-refractivity contribution in [2.24, 2.45) is 0 Å². The van der Waals surface area contributed by atoms with Gasteiger partial charge in [-0.1, -0.05) is 0 Å². The lowest BCUT2D eigenvalue weighted by molar-refractivity contribution is -0.385. The first-order valence-corrected chi connectivity index (χ1v) is 5.86. The summed E-state index contributed by atoms with van der Waals surface area (Å²) < 4.78 is 0. The smallest absolute Gasteiger partial charge is 0.300 e. The molecule has 1 aliphatic heterocycles. The molecule has 1 aliphatic rings. The van der Waals surface area contributed by atoms with Crippen molar-refractivity contribution in [3.05, 3.63) is 27.9 Å². The first-order valence-electron chi connectivity index (χ1n) is 5.86. The van der Waals surface area contributed by atoms with Crippen LogP contribution in [0.3, 0.4) is 0 Å². The maximum absolute atomic E-state index is 12.3. The average Bonchev–Trinajstić information content (AvgIpc) is 2.44. The van der Waals surface area contributed by atoms with Gasteiger partial charge in [-0.25, -0.2) is 4.98 Å². The van der Waals surface area contributed by atoms with Crippen LogP contribution in [0.4, 0.5) is 11.5 Å². The quantitative estimate of drug-likeness (QED) is 0.420. The van der Waals surface area contributed by atoms with E-state index in [2.05, 4.69) is 10.3 Å². The fraction of sp³-hybridized carbons (Fsp3) is 0.273. The van der Waals surface area contributed by atoms with Crippen molar-refractivity contribution in [2.45, 2.75) is 0 Å². The van der Waals surface area contributed by atoms with Crippen LogP contribution in [0, 0.1) is 10.1 Å². The Bertz CT molecular complexity index is 628. The molecule has 0 saturated carbocycles. The van der Waals surface area contributed by atoms with E-state index in [1.54, 1.807) is 7.05 Å². The molecule has 0 atom stereocenters. The molecule has 2 N–H and O–H groups in total. The van der Waals surface area contributed by atoms with Gasteiger partial charge in [-0.3, -0.25) is 29.8 Å². The van der Waals surface area contributed by atoms with Gasteiger partial charge >= 0.3 is 0 Å². The van der Waals surface area contributed by atoms with E-state index in [0.717, 1.165) is 11.1 Å². The summed E-state index contributed by atoms with van der Waals surface area (Å²) in [6.07, 6.45) is 0.949. The maximum atomic E-state index is 12.3. The molecule has 0 unspecified atom stereocenters. The van der Waals surface area contributed by atoms with Crippen LogP contribution in [0.5, 0.6) is 0 Å². The number of anilines is 1. The zero-order chi connectivity index (χ0) is 15.6. The lowest BCUT2D eigenvalue weighted by Gasteiger charge is -2.25. The van der Waals surface area contributed by atoms with Gasteiger partial charge in [0.2, 0.25) is 11.8 Å². The average molecular weight is 293 g/mol. The minimum Gasteiger partial charge on any atom is -0.373 e. The number of nitrogens with one attached hydrogen (secondary N) is 2. The molecule has 21 heavy (non-hydrogen) atoms. The Kier molecular flexibility index (Phi) is 3.78. The van der Waals surface area contributed by atoms with Gasteiger partial charge in [-0.15, -0.1) is 0 Å². The minimum absolute atomic E-state index is 0.234. The molecule has 10 heteroatoms. The standard InChI is InChI=1S/C11H11N5O5/c1-12-8-2-6(7(3-13-8)16(20)21)11(19)15-4-9(17)14-10(18)5-15/h2-3H,4-5H2,1H3,(H,12,13)(H,14,17,18). The molecule has 2 rings (SSSR count). The van der Waals surface area contributed by atoms with Crippen LogP contribution >= 0.6 is 0 Å². The summed E-state index contributed by atoms with van der Waals surface area (Å²) >= 11 is 0. The summed E-state index contributed by atoms with van der Waals surface area (Å²) in [5.74, 6) is -1.78. The Balaban J connectivity index is 2.39. The zero-order valence-electron chi connectivity index (χ0n) is 11.0. The van der Waals surface area contributed by atoms with Gasteiger partial charge in [0.15, 0.2) is 0 Å². The summed E-state index contributed by atoms with van der Waals surface area (Å²) in [5, 5.41) is 15.7. The molecule has 110 valence electrons. The summed E-state index contributed by atoms with van der Waals surface area (Å²) in [4.78, 5) is 49.8. The summed E-state index contributed by atoms with van der Waals surface area (Å²) in [5.41, 5.74) is -0.723. The van der Waals surface area contributed by atoms with Crippen molar-refractivity contribution in [1.82, 2.24) is 15.2 Å². The zero-order valence-corrected chi connectivity index (χ0v) is 11.0. The Hall–Kier alpha value is -3.04. The number of pyridine rings is 1. The first-order chi connectivity index (χ1) is 9.92. The summed E-state index contributed by atoms with van der Waals surface area (Å²) in [6.45, 7) is -0.669. The van der Waals surface area contributed by atoms with Gasteiger partial charge in [-0.05, 0) is 0 Å². The van der Waals surface area contributed by atoms with E-state index >= 15 is 0 Å².